The Balaban J connectivity index is 1.69. The van der Waals surface area contributed by atoms with Crippen LogP contribution in [0.1, 0.15) is 5.56 Å². The number of nitro groups is 1. The van der Waals surface area contributed by atoms with Crippen molar-refractivity contribution in [3.63, 3.8) is 0 Å². The van der Waals surface area contributed by atoms with Crippen LogP contribution in [0.15, 0.2) is 47.4 Å². The van der Waals surface area contributed by atoms with Gasteiger partial charge in [-0.15, -0.1) is 0 Å². The molecule has 1 aliphatic rings. The van der Waals surface area contributed by atoms with E-state index in [2.05, 4.69) is 21.6 Å². The molecule has 1 aliphatic heterocycles. The molecule has 0 aliphatic carbocycles. The Morgan fingerprint density at radius 1 is 1.11 bits per heavy atom. The lowest BCUT2D eigenvalue weighted by Gasteiger charge is -2.32. The van der Waals surface area contributed by atoms with Crippen molar-refractivity contribution < 1.29 is 13.3 Å². The van der Waals surface area contributed by atoms with Gasteiger partial charge in [-0.2, -0.15) is 0 Å². The van der Waals surface area contributed by atoms with E-state index in [9.17, 15) is 18.5 Å². The van der Waals surface area contributed by atoms with E-state index in [4.69, 9.17) is 11.6 Å². The number of nitro benzene ring substituents is 1. The average Bonchev–Trinajstić information content (AvgIpc) is 2.65. The van der Waals surface area contributed by atoms with Crippen LogP contribution in [-0.4, -0.2) is 56.4 Å². The number of likely N-dealkylation sites (N-methyl/N-ethyl adjacent to an activating group) is 1. The van der Waals surface area contributed by atoms with E-state index in [0.29, 0.717) is 5.69 Å². The van der Waals surface area contributed by atoms with Crippen molar-refractivity contribution >= 4 is 33.0 Å². The van der Waals surface area contributed by atoms with E-state index in [0.717, 1.165) is 44.4 Å². The smallest absolute Gasteiger partial charge is 0.289 e. The summed E-state index contributed by atoms with van der Waals surface area (Å²) in [7, 11) is -1.86. The van der Waals surface area contributed by atoms with Crippen LogP contribution in [0.25, 0.3) is 0 Å². The second-order valence-electron chi connectivity index (χ2n) is 6.75. The molecule has 0 atom stereocenters. The number of sulfonamides is 1. The van der Waals surface area contributed by atoms with Crippen LogP contribution in [0.4, 0.5) is 11.4 Å². The lowest BCUT2D eigenvalue weighted by Crippen LogP contribution is -2.43. The van der Waals surface area contributed by atoms with E-state index >= 15 is 0 Å². The fourth-order valence-corrected chi connectivity index (χ4v) is 4.22. The number of halogens is 1. The number of hydrogen-bond donors (Lipinski definition) is 1. The van der Waals surface area contributed by atoms with Gasteiger partial charge in [0.25, 0.3) is 15.7 Å². The molecule has 1 heterocycles. The maximum Gasteiger partial charge on any atom is 0.289 e. The molecule has 2 aromatic rings. The molecule has 8 nitrogen and oxygen atoms in total. The van der Waals surface area contributed by atoms with Crippen LogP contribution in [0.2, 0.25) is 5.02 Å². The molecule has 0 spiro atoms. The first-order chi connectivity index (χ1) is 13.2. The summed E-state index contributed by atoms with van der Waals surface area (Å²) in [5.41, 5.74) is 1.03. The Hall–Kier alpha value is -2.20. The molecular weight excluding hydrogens is 404 g/mol. The Morgan fingerprint density at radius 3 is 2.36 bits per heavy atom. The Kier molecular flexibility index (Phi) is 6.19. The van der Waals surface area contributed by atoms with Gasteiger partial charge >= 0.3 is 0 Å². The molecule has 1 fully saturated rings. The Morgan fingerprint density at radius 2 is 1.75 bits per heavy atom. The molecule has 28 heavy (non-hydrogen) atoms. The summed E-state index contributed by atoms with van der Waals surface area (Å²) < 4.78 is 27.5. The molecule has 0 unspecified atom stereocenters. The fraction of sp³-hybridized carbons (Fsp3) is 0.333. The topological polar surface area (TPSA) is 95.8 Å². The molecule has 1 N–H and O–H groups in total. The first kappa shape index (κ1) is 20.5. The molecule has 0 amide bonds. The standard InChI is InChI=1S/C18H21ClN4O4S/c1-21-8-10-22(11-9-21)13-14-2-4-15(5-3-14)20-28(26,27)16-6-7-17(19)18(12-16)23(24)25/h2-7,12,20H,8-11,13H2,1H3. The molecule has 0 saturated carbocycles. The SMILES string of the molecule is CN1CCN(Cc2ccc(NS(=O)(=O)c3ccc(Cl)c([N+](=O)[O-])c3)cc2)CC1. The van der Waals surface area contributed by atoms with Gasteiger partial charge in [0.2, 0.25) is 0 Å². The zero-order valence-corrected chi connectivity index (χ0v) is 16.9. The molecule has 1 saturated heterocycles. The number of piperazine rings is 1. The summed E-state index contributed by atoms with van der Waals surface area (Å²) >= 11 is 5.74. The third kappa shape index (κ3) is 4.99. The highest BCUT2D eigenvalue weighted by atomic mass is 35.5. The average molecular weight is 425 g/mol. The fourth-order valence-electron chi connectivity index (χ4n) is 2.96. The van der Waals surface area contributed by atoms with Crippen molar-refractivity contribution in [2.24, 2.45) is 0 Å². The predicted molar refractivity (Wildman–Crippen MR) is 108 cm³/mol. The molecule has 0 aromatic heterocycles. The van der Waals surface area contributed by atoms with E-state index in [1.807, 2.05) is 12.1 Å². The molecule has 10 heteroatoms. The minimum Gasteiger partial charge on any atom is -0.304 e. The van der Waals surface area contributed by atoms with Crippen LogP contribution in [0.3, 0.4) is 0 Å². The first-order valence-electron chi connectivity index (χ1n) is 8.71. The van der Waals surface area contributed by atoms with Crippen molar-refractivity contribution in [3.8, 4) is 0 Å². The summed E-state index contributed by atoms with van der Waals surface area (Å²) in [5, 5.41) is 10.9. The van der Waals surface area contributed by atoms with Crippen LogP contribution in [-0.2, 0) is 16.6 Å². The van der Waals surface area contributed by atoms with E-state index in [1.54, 1.807) is 12.1 Å². The summed E-state index contributed by atoms with van der Waals surface area (Å²) in [6, 6.07) is 10.5. The van der Waals surface area contributed by atoms with Gasteiger partial charge in [-0.1, -0.05) is 23.7 Å². The van der Waals surface area contributed by atoms with Gasteiger partial charge in [-0.05, 0) is 36.9 Å². The van der Waals surface area contributed by atoms with Crippen molar-refractivity contribution in [2.75, 3.05) is 37.9 Å². The minimum absolute atomic E-state index is 0.114. The first-order valence-corrected chi connectivity index (χ1v) is 10.6. The third-order valence-electron chi connectivity index (χ3n) is 4.63. The van der Waals surface area contributed by atoms with E-state index in [1.165, 1.54) is 12.1 Å². The molecule has 3 rings (SSSR count). The number of rotatable bonds is 6. The largest absolute Gasteiger partial charge is 0.304 e. The summed E-state index contributed by atoms with van der Waals surface area (Å²) in [4.78, 5) is 14.7. The predicted octanol–water partition coefficient (Wildman–Crippen LogP) is 2.80. The minimum atomic E-state index is -3.96. The summed E-state index contributed by atoms with van der Waals surface area (Å²) in [5.74, 6) is 0. The molecule has 0 bridgehead atoms. The van der Waals surface area contributed by atoms with Gasteiger partial charge in [-0.3, -0.25) is 19.7 Å². The summed E-state index contributed by atoms with van der Waals surface area (Å²) in [6.45, 7) is 4.88. The van der Waals surface area contributed by atoms with Gasteiger partial charge in [0.05, 0.1) is 9.82 Å². The molecular formula is C18H21ClN4O4S. The second kappa shape index (κ2) is 8.44. The van der Waals surface area contributed by atoms with Crippen molar-refractivity contribution in [1.82, 2.24) is 9.80 Å². The van der Waals surface area contributed by atoms with Gasteiger partial charge in [-0.25, -0.2) is 8.42 Å². The van der Waals surface area contributed by atoms with Crippen LogP contribution in [0.5, 0.6) is 0 Å². The maximum atomic E-state index is 12.5. The Labute approximate surface area is 168 Å². The van der Waals surface area contributed by atoms with Crippen molar-refractivity contribution in [1.29, 1.82) is 0 Å². The Bertz CT molecular complexity index is 958. The molecule has 0 radical (unpaired) electrons. The number of benzene rings is 2. The van der Waals surface area contributed by atoms with E-state index < -0.39 is 20.6 Å². The van der Waals surface area contributed by atoms with Gasteiger partial charge in [0, 0.05) is 44.5 Å². The van der Waals surface area contributed by atoms with Crippen molar-refractivity contribution in [3.05, 3.63) is 63.2 Å². The maximum absolute atomic E-state index is 12.5. The van der Waals surface area contributed by atoms with Crippen molar-refractivity contribution in [2.45, 2.75) is 11.4 Å². The number of anilines is 1. The third-order valence-corrected chi connectivity index (χ3v) is 6.33. The highest BCUT2D eigenvalue weighted by molar-refractivity contribution is 7.92. The zero-order valence-electron chi connectivity index (χ0n) is 15.3. The van der Waals surface area contributed by atoms with Gasteiger partial charge in [0.1, 0.15) is 5.02 Å². The summed E-state index contributed by atoms with van der Waals surface area (Å²) in [6.07, 6.45) is 0. The lowest BCUT2D eigenvalue weighted by molar-refractivity contribution is -0.384. The number of nitrogens with zero attached hydrogens (tertiary/aromatic N) is 3. The normalized spacial score (nSPS) is 16.1. The van der Waals surface area contributed by atoms with Gasteiger partial charge in [0.15, 0.2) is 0 Å². The van der Waals surface area contributed by atoms with Crippen LogP contribution >= 0.6 is 11.6 Å². The monoisotopic (exact) mass is 424 g/mol. The van der Waals surface area contributed by atoms with Crippen LogP contribution in [0, 0.1) is 10.1 Å². The zero-order chi connectivity index (χ0) is 20.3. The highest BCUT2D eigenvalue weighted by Crippen LogP contribution is 2.28. The number of hydrogen-bond acceptors (Lipinski definition) is 6. The molecule has 2 aromatic carbocycles. The molecule has 150 valence electrons. The van der Waals surface area contributed by atoms with Gasteiger partial charge < -0.3 is 4.90 Å². The van der Waals surface area contributed by atoms with Crippen LogP contribution < -0.4 is 4.72 Å². The second-order valence-corrected chi connectivity index (χ2v) is 8.84. The van der Waals surface area contributed by atoms with E-state index in [-0.39, 0.29) is 9.92 Å². The lowest BCUT2D eigenvalue weighted by atomic mass is 10.2. The quantitative estimate of drug-likeness (QED) is 0.565. The number of nitrogens with one attached hydrogen (secondary N) is 1. The highest BCUT2D eigenvalue weighted by Gasteiger charge is 2.21.